The van der Waals surface area contributed by atoms with Gasteiger partial charge in [-0.2, -0.15) is 5.10 Å². The van der Waals surface area contributed by atoms with Gasteiger partial charge < -0.3 is 15.0 Å². The lowest BCUT2D eigenvalue weighted by atomic mass is 9.80. The first kappa shape index (κ1) is 32.2. The molecule has 3 aliphatic heterocycles. The monoisotopic (exact) mass is 679 g/mol. The molecule has 13 heteroatoms. The van der Waals surface area contributed by atoms with Crippen molar-refractivity contribution >= 4 is 35.4 Å². The van der Waals surface area contributed by atoms with Crippen LogP contribution in [0.25, 0.3) is 11.3 Å². The second kappa shape index (κ2) is 12.1. The lowest BCUT2D eigenvalue weighted by Gasteiger charge is -2.39. The zero-order chi connectivity index (χ0) is 34.9. The minimum atomic E-state index is -0.981. The molecule has 8 rings (SSSR count). The number of fused-ring (bicyclic) bond motifs is 1. The Morgan fingerprint density at radius 3 is 2.44 bits per heavy atom. The molecule has 2 saturated heterocycles. The lowest BCUT2D eigenvalue weighted by molar-refractivity contribution is -0.136. The highest BCUT2D eigenvalue weighted by Crippen LogP contribution is 2.46. The molecule has 4 fully saturated rings. The van der Waals surface area contributed by atoms with Crippen LogP contribution in [0.4, 0.5) is 10.5 Å². The number of nitrogens with one attached hydrogen (secondary N) is 2. The Morgan fingerprint density at radius 2 is 1.72 bits per heavy atom. The number of benzene rings is 1. The average molecular weight is 680 g/mol. The molecule has 2 aliphatic carbocycles. The van der Waals surface area contributed by atoms with E-state index in [0.717, 1.165) is 58.9 Å². The van der Waals surface area contributed by atoms with Crippen LogP contribution in [0.2, 0.25) is 0 Å². The van der Waals surface area contributed by atoms with Gasteiger partial charge >= 0.3 is 6.09 Å². The number of pyridine rings is 1. The second-order valence-corrected chi connectivity index (χ2v) is 15.3. The van der Waals surface area contributed by atoms with Gasteiger partial charge in [-0.1, -0.05) is 6.07 Å². The van der Waals surface area contributed by atoms with Crippen LogP contribution in [0.3, 0.4) is 0 Å². The summed E-state index contributed by atoms with van der Waals surface area (Å²) in [6.07, 6.45) is 6.27. The van der Waals surface area contributed by atoms with Gasteiger partial charge in [0.05, 0.1) is 28.6 Å². The normalized spacial score (nSPS) is 23.7. The SMILES string of the molecule is CC(C)(C)OC(=O)N1CC(c2cccc(-c3cn([C@H]4C[C@H](CNc5ccc6c(c5)C(=O)N(C5CCC(=O)NC5=O)C6=O)C4)nc3C3CC3)n2)C1. The van der Waals surface area contributed by atoms with E-state index in [9.17, 15) is 24.0 Å². The predicted octanol–water partition coefficient (Wildman–Crippen LogP) is 4.62. The topological polar surface area (TPSA) is 156 Å². The fraction of sp³-hybridized carbons (Fsp3) is 0.486. The fourth-order valence-electron chi connectivity index (χ4n) is 7.34. The molecule has 1 unspecified atom stereocenters. The summed E-state index contributed by atoms with van der Waals surface area (Å²) in [5, 5.41) is 10.7. The number of rotatable bonds is 8. The summed E-state index contributed by atoms with van der Waals surface area (Å²) in [6.45, 7) is 7.52. The summed E-state index contributed by atoms with van der Waals surface area (Å²) in [5.74, 6) is -0.985. The molecular weight excluding hydrogens is 638 g/mol. The number of carbonyl (C=O) groups is 5. The van der Waals surface area contributed by atoms with Crippen LogP contribution in [-0.2, 0) is 14.3 Å². The van der Waals surface area contributed by atoms with Crippen LogP contribution in [0, 0.1) is 5.92 Å². The van der Waals surface area contributed by atoms with Gasteiger partial charge in [0.2, 0.25) is 11.8 Å². The van der Waals surface area contributed by atoms with Crippen LogP contribution in [0.1, 0.15) is 109 Å². The van der Waals surface area contributed by atoms with Gasteiger partial charge in [0, 0.05) is 61.0 Å². The van der Waals surface area contributed by atoms with E-state index >= 15 is 0 Å². The van der Waals surface area contributed by atoms with Gasteiger partial charge in [-0.25, -0.2) is 4.79 Å². The first-order chi connectivity index (χ1) is 23.9. The van der Waals surface area contributed by atoms with Crippen LogP contribution < -0.4 is 10.6 Å². The maximum atomic E-state index is 13.2. The minimum Gasteiger partial charge on any atom is -0.444 e. The average Bonchev–Trinajstić information content (AvgIpc) is 3.72. The van der Waals surface area contributed by atoms with Crippen molar-refractivity contribution in [3.63, 3.8) is 0 Å². The fourth-order valence-corrected chi connectivity index (χ4v) is 7.34. The Labute approximate surface area is 289 Å². The first-order valence-corrected chi connectivity index (χ1v) is 17.6. The summed E-state index contributed by atoms with van der Waals surface area (Å²) < 4.78 is 7.63. The van der Waals surface area contributed by atoms with Crippen molar-refractivity contribution in [1.82, 2.24) is 29.9 Å². The smallest absolute Gasteiger partial charge is 0.410 e. The number of nitrogens with zero attached hydrogens (tertiary/aromatic N) is 5. The predicted molar refractivity (Wildman–Crippen MR) is 181 cm³/mol. The maximum Gasteiger partial charge on any atom is 0.410 e. The number of carbonyl (C=O) groups excluding carboxylic acids is 5. The van der Waals surface area contributed by atoms with E-state index in [1.165, 1.54) is 0 Å². The van der Waals surface area contributed by atoms with Crippen molar-refractivity contribution < 1.29 is 28.7 Å². The quantitative estimate of drug-likeness (QED) is 0.325. The summed E-state index contributed by atoms with van der Waals surface area (Å²) in [6, 6.07) is 10.5. The van der Waals surface area contributed by atoms with Gasteiger partial charge in [0.15, 0.2) is 0 Å². The molecule has 50 heavy (non-hydrogen) atoms. The summed E-state index contributed by atoms with van der Waals surface area (Å²) in [4.78, 5) is 70.4. The molecule has 1 aromatic carbocycles. The molecule has 0 spiro atoms. The maximum absolute atomic E-state index is 13.2. The van der Waals surface area contributed by atoms with Crippen molar-refractivity contribution in [3.8, 4) is 11.3 Å². The van der Waals surface area contributed by atoms with Gasteiger partial charge in [0.25, 0.3) is 11.8 Å². The van der Waals surface area contributed by atoms with E-state index < -0.39 is 35.3 Å². The number of anilines is 1. The molecule has 1 atom stereocenters. The molecule has 13 nitrogen and oxygen atoms in total. The van der Waals surface area contributed by atoms with E-state index in [-0.39, 0.29) is 42.0 Å². The van der Waals surface area contributed by atoms with Gasteiger partial charge in [-0.3, -0.25) is 39.1 Å². The molecular formula is C37H41N7O6. The summed E-state index contributed by atoms with van der Waals surface area (Å²) in [5.41, 5.74) is 4.86. The molecule has 0 bridgehead atoms. The summed E-state index contributed by atoms with van der Waals surface area (Å²) >= 11 is 0. The van der Waals surface area contributed by atoms with E-state index in [1.54, 1.807) is 23.1 Å². The van der Waals surface area contributed by atoms with Crippen molar-refractivity contribution in [2.45, 2.75) is 88.8 Å². The third kappa shape index (κ3) is 6.02. The van der Waals surface area contributed by atoms with Crippen molar-refractivity contribution in [2.24, 2.45) is 5.92 Å². The molecule has 2 N–H and O–H groups in total. The van der Waals surface area contributed by atoms with Gasteiger partial charge in [-0.05, 0) is 89.1 Å². The highest BCUT2D eigenvalue weighted by molar-refractivity contribution is 6.23. The van der Waals surface area contributed by atoms with Crippen LogP contribution in [0.15, 0.2) is 42.6 Å². The Morgan fingerprint density at radius 1 is 0.960 bits per heavy atom. The highest BCUT2D eigenvalue weighted by Gasteiger charge is 2.45. The van der Waals surface area contributed by atoms with Crippen LogP contribution in [0.5, 0.6) is 0 Å². The molecule has 260 valence electrons. The van der Waals surface area contributed by atoms with E-state index in [0.29, 0.717) is 31.5 Å². The number of aromatic nitrogens is 3. The van der Waals surface area contributed by atoms with Gasteiger partial charge in [-0.15, -0.1) is 0 Å². The molecule has 5 aliphatic rings. The molecule has 5 amide bonds. The Bertz CT molecular complexity index is 1910. The lowest BCUT2D eigenvalue weighted by Crippen LogP contribution is -2.54. The zero-order valence-electron chi connectivity index (χ0n) is 28.5. The van der Waals surface area contributed by atoms with Crippen molar-refractivity contribution in [1.29, 1.82) is 0 Å². The number of piperidine rings is 1. The second-order valence-electron chi connectivity index (χ2n) is 15.3. The molecule has 2 saturated carbocycles. The summed E-state index contributed by atoms with van der Waals surface area (Å²) in [7, 11) is 0. The first-order valence-electron chi connectivity index (χ1n) is 17.6. The largest absolute Gasteiger partial charge is 0.444 e. The van der Waals surface area contributed by atoms with E-state index in [2.05, 4.69) is 21.5 Å². The molecule has 2 aromatic heterocycles. The van der Waals surface area contributed by atoms with Crippen molar-refractivity contribution in [2.75, 3.05) is 25.0 Å². The third-order valence-corrected chi connectivity index (χ3v) is 10.3. The number of ether oxygens (including phenoxy) is 1. The number of likely N-dealkylation sites (tertiary alicyclic amines) is 1. The number of imide groups is 2. The Balaban J connectivity index is 0.882. The molecule has 3 aromatic rings. The molecule has 5 heterocycles. The number of amides is 5. The highest BCUT2D eigenvalue weighted by atomic mass is 16.6. The van der Waals surface area contributed by atoms with Crippen LogP contribution in [-0.4, -0.2) is 85.6 Å². The number of hydrogen-bond acceptors (Lipinski definition) is 9. The molecule has 0 radical (unpaired) electrons. The standard InChI is InChI=1S/C37H41N7O6/c1-37(2,3)50-36(49)42-17-22(18-42)28-5-4-6-29(39-28)27-19-43(41-32(27)21-7-8-21)24-13-20(14-24)16-38-23-9-10-25-26(15-23)35(48)44(34(25)47)30-11-12-31(45)40-33(30)46/h4-6,9-10,15,19-22,24,30,38H,7-8,11-14,16-18H2,1-3H3,(H,40,45,46)/t20-,24-,30?. The Hall–Kier alpha value is -5.07. The van der Waals surface area contributed by atoms with E-state index in [4.69, 9.17) is 14.8 Å². The zero-order valence-corrected chi connectivity index (χ0v) is 28.5. The third-order valence-electron chi connectivity index (χ3n) is 10.3. The number of hydrogen-bond donors (Lipinski definition) is 2. The van der Waals surface area contributed by atoms with Crippen molar-refractivity contribution in [3.05, 3.63) is 65.1 Å². The minimum absolute atomic E-state index is 0.0862. The van der Waals surface area contributed by atoms with Crippen LogP contribution >= 0.6 is 0 Å². The van der Waals surface area contributed by atoms with E-state index in [1.807, 2.05) is 39.0 Å². The Kier molecular flexibility index (Phi) is 7.76. The van der Waals surface area contributed by atoms with Gasteiger partial charge in [0.1, 0.15) is 11.6 Å².